The Morgan fingerprint density at radius 3 is 1.37 bits per heavy atom. The van der Waals surface area contributed by atoms with Crippen molar-refractivity contribution in [3.05, 3.63) is 35.9 Å². The van der Waals surface area contributed by atoms with E-state index in [4.69, 9.17) is 40.1 Å². The van der Waals surface area contributed by atoms with E-state index in [1.165, 1.54) is 13.8 Å². The van der Waals surface area contributed by atoms with E-state index >= 15 is 0 Å². The Balaban J connectivity index is 2.38. The highest BCUT2D eigenvalue weighted by atomic mass is 16.4. The Kier molecular flexibility index (Phi) is 36.7. The van der Waals surface area contributed by atoms with E-state index in [1.54, 1.807) is 58.0 Å². The van der Waals surface area contributed by atoms with Crippen LogP contribution < -0.4 is 93.3 Å². The molecule has 0 saturated heterocycles. The van der Waals surface area contributed by atoms with Gasteiger partial charge in [0.1, 0.15) is 54.4 Å². The maximum Gasteiger partial charge on any atom is 0.326 e. The molecule has 0 bridgehead atoms. The zero-order chi connectivity index (χ0) is 70.6. The normalized spacial score (nSPS) is 15.9. The molecule has 2 rings (SSSR count). The summed E-state index contributed by atoms with van der Waals surface area (Å²) >= 11 is 0. The molecule has 1 aliphatic rings. The number of aliphatic carboxylic acids is 2. The van der Waals surface area contributed by atoms with Crippen LogP contribution in [0.25, 0.3) is 0 Å². The Morgan fingerprint density at radius 2 is 0.904 bits per heavy atom. The number of carboxylic acid groups (broad SMARTS) is 2. The average molecular weight is 1330 g/mol. The van der Waals surface area contributed by atoms with Crippen molar-refractivity contribution in [3.63, 3.8) is 0 Å². The number of aliphatic imine (C=N–C) groups is 3. The minimum Gasteiger partial charge on any atom is -0.481 e. The molecule has 34 nitrogen and oxygen atoms in total. The van der Waals surface area contributed by atoms with Gasteiger partial charge in [0, 0.05) is 26.1 Å². The summed E-state index contributed by atoms with van der Waals surface area (Å²) in [4.78, 5) is 175. The zero-order valence-electron chi connectivity index (χ0n) is 54.7. The number of hydrogen-bond donors (Lipinski definition) is 19. The van der Waals surface area contributed by atoms with Crippen LogP contribution in [0.1, 0.15) is 143 Å². The van der Waals surface area contributed by atoms with Crippen molar-refractivity contribution in [1.29, 1.82) is 0 Å². The lowest BCUT2D eigenvalue weighted by Crippen LogP contribution is -2.60. The molecule has 0 unspecified atom stereocenters. The van der Waals surface area contributed by atoms with Gasteiger partial charge in [0.15, 0.2) is 17.9 Å². The number of nitrogens with zero attached hydrogens (tertiary/aromatic N) is 3. The maximum atomic E-state index is 14.4. The molecule has 1 saturated carbocycles. The van der Waals surface area contributed by atoms with Crippen LogP contribution in [0.4, 0.5) is 0 Å². The molecule has 1 aromatic carbocycles. The van der Waals surface area contributed by atoms with Gasteiger partial charge in [0.2, 0.25) is 59.1 Å². The Morgan fingerprint density at radius 1 is 0.489 bits per heavy atom. The number of carbonyl (C=O) groups excluding carboxylic acids is 10. The summed E-state index contributed by atoms with van der Waals surface area (Å²) in [5.41, 5.74) is 39.5. The van der Waals surface area contributed by atoms with E-state index in [2.05, 4.69) is 68.1 Å². The highest BCUT2D eigenvalue weighted by Crippen LogP contribution is 2.28. The largest absolute Gasteiger partial charge is 0.481 e. The van der Waals surface area contributed by atoms with Gasteiger partial charge in [0.05, 0.1) is 19.0 Å². The van der Waals surface area contributed by atoms with Crippen LogP contribution in [0.2, 0.25) is 0 Å². The third-order valence-electron chi connectivity index (χ3n) is 15.8. The van der Waals surface area contributed by atoms with Crippen molar-refractivity contribution in [3.8, 4) is 0 Å². The van der Waals surface area contributed by atoms with Gasteiger partial charge in [-0.25, -0.2) is 4.79 Å². The minimum atomic E-state index is -1.86. The first-order chi connectivity index (χ1) is 44.4. The van der Waals surface area contributed by atoms with E-state index in [-0.39, 0.29) is 101 Å². The highest BCUT2D eigenvalue weighted by Gasteiger charge is 2.37. The molecule has 26 N–H and O–H groups in total. The molecule has 34 heteroatoms. The topological polar surface area (TPSA) is 585 Å². The molecule has 1 aromatic rings. The average Bonchev–Trinajstić information content (AvgIpc) is 0.989. The van der Waals surface area contributed by atoms with Gasteiger partial charge in [-0.3, -0.25) is 67.7 Å². The molecular formula is C60H102N20O14. The molecule has 526 valence electrons. The van der Waals surface area contributed by atoms with Crippen LogP contribution >= 0.6 is 0 Å². The lowest BCUT2D eigenvalue weighted by molar-refractivity contribution is -0.144. The fourth-order valence-corrected chi connectivity index (χ4v) is 9.97. The van der Waals surface area contributed by atoms with Crippen molar-refractivity contribution in [1.82, 2.24) is 53.2 Å². The third-order valence-corrected chi connectivity index (χ3v) is 15.8. The lowest BCUT2D eigenvalue weighted by atomic mass is 9.84. The summed E-state index contributed by atoms with van der Waals surface area (Å²) in [6.07, 6.45) is 4.08. The van der Waals surface area contributed by atoms with E-state index in [0.717, 1.165) is 32.1 Å². The molecule has 94 heavy (non-hydrogen) atoms. The summed E-state index contributed by atoms with van der Waals surface area (Å²) in [6.45, 7) is 8.66. The number of hydrogen-bond acceptors (Lipinski definition) is 16. The van der Waals surface area contributed by atoms with E-state index in [9.17, 15) is 67.7 Å². The van der Waals surface area contributed by atoms with E-state index in [1.807, 2.05) is 0 Å². The van der Waals surface area contributed by atoms with Crippen molar-refractivity contribution in [2.45, 2.75) is 205 Å². The van der Waals surface area contributed by atoms with E-state index < -0.39 is 156 Å². The van der Waals surface area contributed by atoms with Crippen molar-refractivity contribution >= 4 is 88.9 Å². The summed E-state index contributed by atoms with van der Waals surface area (Å²) < 4.78 is 0. The molecule has 1 fully saturated rings. The number of amides is 10. The Labute approximate surface area is 547 Å². The maximum absolute atomic E-state index is 14.4. The second-order valence-electron chi connectivity index (χ2n) is 23.6. The smallest absolute Gasteiger partial charge is 0.326 e. The van der Waals surface area contributed by atoms with Gasteiger partial charge in [-0.05, 0) is 82.1 Å². The van der Waals surface area contributed by atoms with Gasteiger partial charge < -0.3 is 104 Å². The zero-order valence-corrected chi connectivity index (χ0v) is 54.7. The number of benzene rings is 1. The van der Waals surface area contributed by atoms with Crippen molar-refractivity contribution < 1.29 is 67.7 Å². The molecule has 0 radical (unpaired) electrons. The van der Waals surface area contributed by atoms with Crippen LogP contribution in [-0.4, -0.2) is 186 Å². The molecule has 0 aromatic heterocycles. The first kappa shape index (κ1) is 80.7. The number of nitrogens with two attached hydrogens (primary N) is 7. The molecule has 10 amide bonds. The standard InChI is InChI=1S/C60H102N20O14/c1-7-32(3)46(56(92)78-43(30-45(82)83)55(91)75-40(24-17-27-70-60(66)67)52(88)80-47(57(93)94)33(4)8-2)79-51(87)38(22-15-25-68-58(62)63)73-44(81)31-71-49(85)35(6)72-53(89)41(28-36-18-11-9-12-19-36)77-50(86)39(23-16-26-69-59(64)65)74-54(90)42(76-48(84)34(5)61)29-37-20-13-10-14-21-37/h10,13-14,20-21,32-36,38-43,46-47H,7-9,11-12,15-19,22-31,61H2,1-6H3,(H,71,85)(H,72,89)(H,73,81)(H,74,90)(H,75,91)(H,76,84)(H,77,86)(H,78,92)(H,79,87)(H,80,88)(H,82,83)(H,93,94)(H4,62,63,68)(H4,64,65,69)(H4,66,67,70)/t32-,33-,34-,35-,38-,39-,40-,41-,42-,43-,46-,47-/m0/s1. The first-order valence-electron chi connectivity index (χ1n) is 31.8. The highest BCUT2D eigenvalue weighted by molar-refractivity contribution is 5.99. The Hall–Kier alpha value is -9.37. The lowest BCUT2D eigenvalue weighted by Gasteiger charge is -2.29. The minimum absolute atomic E-state index is 0.00603. The third kappa shape index (κ3) is 31.3. The number of nitrogens with one attached hydrogen (secondary N) is 10. The predicted octanol–water partition coefficient (Wildman–Crippen LogP) is -4.14. The number of carboxylic acids is 2. The van der Waals surface area contributed by atoms with Gasteiger partial charge in [-0.1, -0.05) is 103 Å². The fraction of sp³-hybridized carbons (Fsp3) is 0.650. The van der Waals surface area contributed by atoms with Crippen molar-refractivity contribution in [2.75, 3.05) is 26.2 Å². The van der Waals surface area contributed by atoms with Gasteiger partial charge in [-0.15, -0.1) is 0 Å². The van der Waals surface area contributed by atoms with Crippen LogP contribution in [0.15, 0.2) is 45.3 Å². The molecule has 0 heterocycles. The summed E-state index contributed by atoms with van der Waals surface area (Å²) in [5, 5.41) is 45.3. The predicted molar refractivity (Wildman–Crippen MR) is 350 cm³/mol. The van der Waals surface area contributed by atoms with Crippen LogP contribution in [0.3, 0.4) is 0 Å². The van der Waals surface area contributed by atoms with Crippen LogP contribution in [0, 0.1) is 17.8 Å². The Bertz CT molecular complexity index is 2770. The SMILES string of the molecule is CC[C@H](C)[C@H](NC(=O)[C@H](CCCN=C(N)N)NC(=O)[C@H](CC(=O)O)NC(=O)[C@@H](NC(=O)[C@H](CCCN=C(N)N)NC(=O)CNC(=O)[C@H](C)NC(=O)[C@H](CC1CCCCC1)NC(=O)[C@H](CCCN=C(N)N)NC(=O)[C@H](Cc1ccccc1)NC(=O)[C@H](C)N)[C@@H](C)CC)C(=O)O. The molecule has 0 spiro atoms. The molecule has 12 atom stereocenters. The van der Waals surface area contributed by atoms with Gasteiger partial charge >= 0.3 is 11.9 Å². The molecule has 1 aliphatic carbocycles. The summed E-state index contributed by atoms with van der Waals surface area (Å²) in [5.74, 6) is -13.5. The monoisotopic (exact) mass is 1330 g/mol. The second kappa shape index (κ2) is 42.7. The fourth-order valence-electron chi connectivity index (χ4n) is 9.97. The number of guanidine groups is 3. The second-order valence-corrected chi connectivity index (χ2v) is 23.6. The van der Waals surface area contributed by atoms with Gasteiger partial charge in [-0.2, -0.15) is 0 Å². The first-order valence-corrected chi connectivity index (χ1v) is 31.8. The number of carbonyl (C=O) groups is 12. The van der Waals surface area contributed by atoms with Crippen LogP contribution in [0.5, 0.6) is 0 Å². The van der Waals surface area contributed by atoms with Crippen molar-refractivity contribution in [2.24, 2.45) is 72.9 Å². The summed E-state index contributed by atoms with van der Waals surface area (Å²) in [6, 6.07) is -4.78. The quantitative estimate of drug-likeness (QED) is 0.0168. The van der Waals surface area contributed by atoms with Crippen LogP contribution in [-0.2, 0) is 64.0 Å². The van der Waals surface area contributed by atoms with Gasteiger partial charge in [0.25, 0.3) is 0 Å². The summed E-state index contributed by atoms with van der Waals surface area (Å²) in [7, 11) is 0. The number of rotatable bonds is 43. The molecule has 0 aliphatic heterocycles. The molecular weight excluding hydrogens is 1220 g/mol. The van der Waals surface area contributed by atoms with E-state index in [0.29, 0.717) is 12.0 Å².